The monoisotopic (exact) mass is 329 g/mol. The van der Waals surface area contributed by atoms with Gasteiger partial charge in [-0.3, -0.25) is 4.79 Å². The molecule has 0 bridgehead atoms. The maximum Gasteiger partial charge on any atom is 0.255 e. The van der Waals surface area contributed by atoms with Crippen molar-refractivity contribution in [3.05, 3.63) is 29.3 Å². The molecule has 1 atom stereocenters. The highest BCUT2D eigenvalue weighted by molar-refractivity contribution is 8.01. The summed E-state index contributed by atoms with van der Waals surface area (Å²) in [5.74, 6) is 0.843. The van der Waals surface area contributed by atoms with Gasteiger partial charge in [-0.25, -0.2) is 8.42 Å². The van der Waals surface area contributed by atoms with Gasteiger partial charge in [-0.1, -0.05) is 13.0 Å². The Morgan fingerprint density at radius 1 is 1.48 bits per heavy atom. The Bertz CT molecular complexity index is 642. The van der Waals surface area contributed by atoms with E-state index in [-0.39, 0.29) is 17.4 Å². The number of phenolic OH excluding ortho intramolecular Hbond substituents is 1. The zero-order valence-corrected chi connectivity index (χ0v) is 13.7. The normalized spacial score (nSPS) is 19.5. The summed E-state index contributed by atoms with van der Waals surface area (Å²) in [7, 11) is -3.32. The molecule has 1 amide bonds. The van der Waals surface area contributed by atoms with E-state index in [0.29, 0.717) is 23.4 Å². The molecule has 21 heavy (non-hydrogen) atoms. The molecule has 1 aliphatic rings. The van der Waals surface area contributed by atoms with Crippen LogP contribution in [0.3, 0.4) is 0 Å². The second-order valence-corrected chi connectivity index (χ2v) is 8.58. The molecule has 116 valence electrons. The van der Waals surface area contributed by atoms with Crippen LogP contribution < -0.4 is 0 Å². The largest absolute Gasteiger partial charge is 0.508 e. The van der Waals surface area contributed by atoms with Crippen molar-refractivity contribution in [1.29, 1.82) is 0 Å². The second-order valence-electron chi connectivity index (χ2n) is 4.98. The molecule has 0 spiro atoms. The first-order valence-corrected chi connectivity index (χ1v) is 9.63. The van der Waals surface area contributed by atoms with Gasteiger partial charge in [0, 0.05) is 29.4 Å². The van der Waals surface area contributed by atoms with E-state index in [0.717, 1.165) is 5.75 Å². The molecular formula is C14H19NO4S2. The molecule has 0 radical (unpaired) electrons. The predicted octanol–water partition coefficient (Wildman–Crippen LogP) is 1.65. The number of phenols is 1. The van der Waals surface area contributed by atoms with E-state index in [9.17, 15) is 18.3 Å². The first-order valence-electron chi connectivity index (χ1n) is 6.76. The number of nitrogens with zero attached hydrogens (tertiary/aromatic N) is 1. The summed E-state index contributed by atoms with van der Waals surface area (Å²) in [5.41, 5.74) is 1.000. The van der Waals surface area contributed by atoms with Crippen molar-refractivity contribution in [2.75, 3.05) is 23.8 Å². The zero-order chi connectivity index (χ0) is 15.6. The van der Waals surface area contributed by atoms with E-state index in [2.05, 4.69) is 0 Å². The minimum absolute atomic E-state index is 0.0150. The number of aryl methyl sites for hydroxylation is 1. The molecule has 7 heteroatoms. The predicted molar refractivity (Wildman–Crippen MR) is 84.5 cm³/mol. The van der Waals surface area contributed by atoms with Crippen LogP contribution in [0.1, 0.15) is 22.8 Å². The van der Waals surface area contributed by atoms with Gasteiger partial charge in [0.25, 0.3) is 5.91 Å². The summed E-state index contributed by atoms with van der Waals surface area (Å²) < 4.78 is 24.3. The van der Waals surface area contributed by atoms with Gasteiger partial charge in [-0.2, -0.15) is 11.8 Å². The molecule has 1 aliphatic heterocycles. The lowest BCUT2D eigenvalue weighted by atomic mass is 10.1. The van der Waals surface area contributed by atoms with Gasteiger partial charge in [0.15, 0.2) is 9.84 Å². The number of sulfone groups is 1. The third kappa shape index (κ3) is 3.35. The van der Waals surface area contributed by atoms with Gasteiger partial charge < -0.3 is 10.0 Å². The summed E-state index contributed by atoms with van der Waals surface area (Å²) in [4.78, 5) is 14.0. The SMILES string of the molecule is CCS(=O)(=O)C1CSCCN1C(=O)c1ccc(C)c(O)c1. The average molecular weight is 329 g/mol. The van der Waals surface area contributed by atoms with Crippen molar-refractivity contribution in [3.8, 4) is 5.75 Å². The quantitative estimate of drug-likeness (QED) is 0.913. The fourth-order valence-corrected chi connectivity index (χ4v) is 5.18. The lowest BCUT2D eigenvalue weighted by Gasteiger charge is -2.34. The van der Waals surface area contributed by atoms with Crippen LogP contribution in [-0.4, -0.2) is 53.5 Å². The molecule has 0 saturated carbocycles. The minimum Gasteiger partial charge on any atom is -0.508 e. The third-order valence-electron chi connectivity index (χ3n) is 3.62. The molecule has 1 fully saturated rings. The van der Waals surface area contributed by atoms with Crippen molar-refractivity contribution in [2.45, 2.75) is 19.2 Å². The number of benzene rings is 1. The molecule has 1 saturated heterocycles. The highest BCUT2D eigenvalue weighted by atomic mass is 32.2. The number of thioether (sulfide) groups is 1. The van der Waals surface area contributed by atoms with Crippen molar-refractivity contribution >= 4 is 27.5 Å². The van der Waals surface area contributed by atoms with E-state index in [1.807, 2.05) is 0 Å². The number of hydrogen-bond donors (Lipinski definition) is 1. The fraction of sp³-hybridized carbons (Fsp3) is 0.500. The molecule has 5 nitrogen and oxygen atoms in total. The maximum atomic E-state index is 12.6. The topological polar surface area (TPSA) is 74.7 Å². The van der Waals surface area contributed by atoms with Gasteiger partial charge >= 0.3 is 0 Å². The molecule has 0 aliphatic carbocycles. The van der Waals surface area contributed by atoms with Crippen molar-refractivity contribution < 1.29 is 18.3 Å². The lowest BCUT2D eigenvalue weighted by Crippen LogP contribution is -2.50. The van der Waals surface area contributed by atoms with Crippen LogP contribution in [0, 0.1) is 6.92 Å². The standard InChI is InChI=1S/C14H19NO4S2/c1-3-21(18,19)13-9-20-7-6-15(13)14(17)11-5-4-10(2)12(16)8-11/h4-5,8,13,16H,3,6-7,9H2,1-2H3. The summed E-state index contributed by atoms with van der Waals surface area (Å²) >= 11 is 1.54. The van der Waals surface area contributed by atoms with Crippen molar-refractivity contribution in [3.63, 3.8) is 0 Å². The van der Waals surface area contributed by atoms with Crippen LogP contribution in [0.5, 0.6) is 5.75 Å². The van der Waals surface area contributed by atoms with Crippen LogP contribution in [0.2, 0.25) is 0 Å². The van der Waals surface area contributed by atoms with Crippen LogP contribution in [0.15, 0.2) is 18.2 Å². The Hall–Kier alpha value is -1.21. The Morgan fingerprint density at radius 2 is 2.19 bits per heavy atom. The van der Waals surface area contributed by atoms with Crippen LogP contribution in [0.4, 0.5) is 0 Å². The first kappa shape index (κ1) is 16.2. The average Bonchev–Trinajstić information content (AvgIpc) is 2.49. The molecule has 0 aromatic heterocycles. The van der Waals surface area contributed by atoms with Crippen molar-refractivity contribution in [2.24, 2.45) is 0 Å². The van der Waals surface area contributed by atoms with E-state index in [1.54, 1.807) is 37.7 Å². The van der Waals surface area contributed by atoms with Crippen LogP contribution in [0.25, 0.3) is 0 Å². The number of carbonyl (C=O) groups is 1. The van der Waals surface area contributed by atoms with Gasteiger partial charge in [0.05, 0.1) is 0 Å². The van der Waals surface area contributed by atoms with E-state index >= 15 is 0 Å². The van der Waals surface area contributed by atoms with Gasteiger partial charge in [-0.05, 0) is 24.6 Å². The molecule has 1 aromatic carbocycles. The lowest BCUT2D eigenvalue weighted by molar-refractivity contribution is 0.0749. The summed E-state index contributed by atoms with van der Waals surface area (Å²) in [6, 6.07) is 4.67. The summed E-state index contributed by atoms with van der Waals surface area (Å²) in [5, 5.41) is 8.95. The molecule has 1 aromatic rings. The first-order chi connectivity index (χ1) is 9.86. The molecule has 2 rings (SSSR count). The summed E-state index contributed by atoms with van der Waals surface area (Å²) in [6.07, 6.45) is 0. The molecule has 1 heterocycles. The Labute approximate surface area is 129 Å². The number of carbonyl (C=O) groups excluding carboxylic acids is 1. The van der Waals surface area contributed by atoms with Gasteiger partial charge in [-0.15, -0.1) is 0 Å². The van der Waals surface area contributed by atoms with E-state index in [4.69, 9.17) is 0 Å². The van der Waals surface area contributed by atoms with Crippen molar-refractivity contribution in [1.82, 2.24) is 4.90 Å². The van der Waals surface area contributed by atoms with Crippen LogP contribution in [-0.2, 0) is 9.84 Å². The summed E-state index contributed by atoms with van der Waals surface area (Å²) in [6.45, 7) is 3.74. The van der Waals surface area contributed by atoms with E-state index in [1.165, 1.54) is 11.0 Å². The smallest absolute Gasteiger partial charge is 0.255 e. The minimum atomic E-state index is -3.32. The maximum absolute atomic E-state index is 12.6. The van der Waals surface area contributed by atoms with Gasteiger partial charge in [0.1, 0.15) is 11.1 Å². The number of amides is 1. The highest BCUT2D eigenvalue weighted by Crippen LogP contribution is 2.25. The molecular weight excluding hydrogens is 310 g/mol. The van der Waals surface area contributed by atoms with E-state index < -0.39 is 15.2 Å². The zero-order valence-electron chi connectivity index (χ0n) is 12.1. The molecule has 1 N–H and O–H groups in total. The fourth-order valence-electron chi connectivity index (χ4n) is 2.21. The number of rotatable bonds is 3. The van der Waals surface area contributed by atoms with Crippen LogP contribution >= 0.6 is 11.8 Å². The third-order valence-corrected chi connectivity index (χ3v) is 6.91. The van der Waals surface area contributed by atoms with Gasteiger partial charge in [0.2, 0.25) is 0 Å². The molecule has 1 unspecified atom stereocenters. The second kappa shape index (κ2) is 6.27. The number of hydrogen-bond acceptors (Lipinski definition) is 5. The number of aromatic hydroxyl groups is 1. The Balaban J connectivity index is 2.33. The Morgan fingerprint density at radius 3 is 2.81 bits per heavy atom. The highest BCUT2D eigenvalue weighted by Gasteiger charge is 2.36. The Kier molecular flexibility index (Phi) is 4.83.